The molecule has 1 aromatic carbocycles. The van der Waals surface area contributed by atoms with Gasteiger partial charge < -0.3 is 29.2 Å². The zero-order valence-corrected chi connectivity index (χ0v) is 22.1. The highest BCUT2D eigenvalue weighted by atomic mass is 127. The van der Waals surface area contributed by atoms with Gasteiger partial charge in [0, 0.05) is 47.0 Å². The molecule has 7 nitrogen and oxygen atoms in total. The van der Waals surface area contributed by atoms with Crippen LogP contribution in [0.15, 0.2) is 23.2 Å². The van der Waals surface area contributed by atoms with Crippen molar-refractivity contribution in [2.45, 2.75) is 63.7 Å². The summed E-state index contributed by atoms with van der Waals surface area (Å²) in [7, 11) is 5.27. The van der Waals surface area contributed by atoms with Gasteiger partial charge in [0.1, 0.15) is 0 Å². The Morgan fingerprint density at radius 3 is 2.44 bits per heavy atom. The molecule has 8 heteroatoms. The van der Waals surface area contributed by atoms with Crippen LogP contribution in [0.1, 0.15) is 50.5 Å². The zero-order valence-electron chi connectivity index (χ0n) is 19.8. The van der Waals surface area contributed by atoms with Gasteiger partial charge in [-0.05, 0) is 62.6 Å². The Morgan fingerprint density at radius 2 is 1.78 bits per heavy atom. The molecular formula is C24H40IN3O4. The minimum Gasteiger partial charge on any atom is -0.493 e. The first-order valence-corrected chi connectivity index (χ1v) is 11.6. The lowest BCUT2D eigenvalue weighted by Crippen LogP contribution is -2.46. The molecule has 1 heterocycles. The van der Waals surface area contributed by atoms with Gasteiger partial charge in [0.2, 0.25) is 0 Å². The molecular weight excluding hydrogens is 521 g/mol. The van der Waals surface area contributed by atoms with Crippen LogP contribution in [0.4, 0.5) is 0 Å². The average Bonchev–Trinajstić information content (AvgIpc) is 3.31. The molecule has 0 bridgehead atoms. The molecule has 1 N–H and O–H groups in total. The van der Waals surface area contributed by atoms with Crippen molar-refractivity contribution in [1.29, 1.82) is 0 Å². The van der Waals surface area contributed by atoms with E-state index in [-0.39, 0.29) is 24.0 Å². The van der Waals surface area contributed by atoms with E-state index in [1.165, 1.54) is 12.8 Å². The van der Waals surface area contributed by atoms with Crippen LogP contribution in [-0.4, -0.2) is 70.6 Å². The predicted octanol–water partition coefficient (Wildman–Crippen LogP) is 4.23. The standard InChI is InChI=1S/C24H39N3O4.HI/c1-25-24(27-13-11-20(12-14-27)30-16-6-15-28-2)26-18-19-9-10-22(29-3)23(17-19)31-21-7-4-5-8-21;/h9-10,17,20-21H,4-8,11-16,18H2,1-3H3,(H,25,26);1H. The normalized spacial score (nSPS) is 17.8. The van der Waals surface area contributed by atoms with E-state index in [0.717, 1.165) is 81.4 Å². The number of hydrogen-bond donors (Lipinski definition) is 1. The van der Waals surface area contributed by atoms with Crippen molar-refractivity contribution in [1.82, 2.24) is 10.2 Å². The molecule has 1 aromatic rings. The minimum absolute atomic E-state index is 0. The number of nitrogens with zero attached hydrogens (tertiary/aromatic N) is 2. The molecule has 0 atom stereocenters. The number of hydrogen-bond acceptors (Lipinski definition) is 5. The zero-order chi connectivity index (χ0) is 21.9. The van der Waals surface area contributed by atoms with Crippen molar-refractivity contribution < 1.29 is 18.9 Å². The number of piperidine rings is 1. The third-order valence-electron chi connectivity index (χ3n) is 6.07. The highest BCUT2D eigenvalue weighted by Gasteiger charge is 2.22. The van der Waals surface area contributed by atoms with Crippen molar-refractivity contribution in [3.8, 4) is 11.5 Å². The van der Waals surface area contributed by atoms with E-state index in [1.54, 1.807) is 14.2 Å². The van der Waals surface area contributed by atoms with Gasteiger partial charge in [-0.25, -0.2) is 0 Å². The summed E-state index contributed by atoms with van der Waals surface area (Å²) in [5, 5.41) is 3.51. The second kappa shape index (κ2) is 14.8. The Bertz CT molecular complexity index is 690. The maximum Gasteiger partial charge on any atom is 0.193 e. The number of nitrogens with one attached hydrogen (secondary N) is 1. The number of likely N-dealkylation sites (tertiary alicyclic amines) is 1. The second-order valence-electron chi connectivity index (χ2n) is 8.31. The summed E-state index contributed by atoms with van der Waals surface area (Å²) in [5.74, 6) is 2.58. The highest BCUT2D eigenvalue weighted by Crippen LogP contribution is 2.32. The lowest BCUT2D eigenvalue weighted by molar-refractivity contribution is 0.00989. The maximum atomic E-state index is 6.23. The fraction of sp³-hybridized carbons (Fsp3) is 0.708. The third-order valence-corrected chi connectivity index (χ3v) is 6.07. The third kappa shape index (κ3) is 8.26. The van der Waals surface area contributed by atoms with Gasteiger partial charge in [0.25, 0.3) is 0 Å². The molecule has 182 valence electrons. The quantitative estimate of drug-likeness (QED) is 0.200. The Labute approximate surface area is 210 Å². The first-order valence-electron chi connectivity index (χ1n) is 11.6. The van der Waals surface area contributed by atoms with Crippen molar-refractivity contribution in [3.05, 3.63) is 23.8 Å². The summed E-state index contributed by atoms with van der Waals surface area (Å²) >= 11 is 0. The Kier molecular flexibility index (Phi) is 12.5. The first-order chi connectivity index (χ1) is 15.2. The van der Waals surface area contributed by atoms with E-state index in [0.29, 0.717) is 18.8 Å². The first kappa shape index (κ1) is 27.0. The van der Waals surface area contributed by atoms with Gasteiger partial charge >= 0.3 is 0 Å². The lowest BCUT2D eigenvalue weighted by Gasteiger charge is -2.34. The molecule has 2 aliphatic rings. The molecule has 2 fully saturated rings. The van der Waals surface area contributed by atoms with Crippen LogP contribution in [-0.2, 0) is 16.0 Å². The topological polar surface area (TPSA) is 64.6 Å². The van der Waals surface area contributed by atoms with Crippen molar-refractivity contribution in [2.75, 3.05) is 47.6 Å². The SMILES string of the molecule is CN=C(NCc1ccc(OC)c(OC2CCCC2)c1)N1CCC(OCCCOC)CC1.I. The molecule has 0 aromatic heterocycles. The summed E-state index contributed by atoms with van der Waals surface area (Å²) in [6.07, 6.45) is 8.40. The maximum absolute atomic E-state index is 6.23. The van der Waals surface area contributed by atoms with Crippen molar-refractivity contribution >= 4 is 29.9 Å². The second-order valence-corrected chi connectivity index (χ2v) is 8.31. The summed E-state index contributed by atoms with van der Waals surface area (Å²) < 4.78 is 22.8. The summed E-state index contributed by atoms with van der Waals surface area (Å²) in [6.45, 7) is 4.13. The van der Waals surface area contributed by atoms with Crippen molar-refractivity contribution in [2.24, 2.45) is 4.99 Å². The number of rotatable bonds is 10. The van der Waals surface area contributed by atoms with Crippen LogP contribution in [0, 0.1) is 0 Å². The molecule has 1 aliphatic carbocycles. The van der Waals surface area contributed by atoms with Crippen LogP contribution in [0.25, 0.3) is 0 Å². The van der Waals surface area contributed by atoms with Gasteiger partial charge in [-0.1, -0.05) is 6.07 Å². The summed E-state index contributed by atoms with van der Waals surface area (Å²) in [5.41, 5.74) is 1.16. The summed E-state index contributed by atoms with van der Waals surface area (Å²) in [4.78, 5) is 6.81. The highest BCUT2D eigenvalue weighted by molar-refractivity contribution is 14.0. The van der Waals surface area contributed by atoms with E-state index in [2.05, 4.69) is 27.3 Å². The van der Waals surface area contributed by atoms with Gasteiger partial charge in [0.05, 0.1) is 19.3 Å². The van der Waals surface area contributed by atoms with E-state index < -0.39 is 0 Å². The van der Waals surface area contributed by atoms with Crippen LogP contribution < -0.4 is 14.8 Å². The van der Waals surface area contributed by atoms with E-state index in [9.17, 15) is 0 Å². The Morgan fingerprint density at radius 1 is 1.03 bits per heavy atom. The van der Waals surface area contributed by atoms with Gasteiger partial charge in [-0.2, -0.15) is 0 Å². The fourth-order valence-electron chi connectivity index (χ4n) is 4.31. The number of ether oxygens (including phenoxy) is 4. The molecule has 0 amide bonds. The van der Waals surface area contributed by atoms with Crippen LogP contribution in [0.3, 0.4) is 0 Å². The Balaban J connectivity index is 0.00000363. The monoisotopic (exact) mass is 561 g/mol. The fourth-order valence-corrected chi connectivity index (χ4v) is 4.31. The number of guanidine groups is 1. The van der Waals surface area contributed by atoms with E-state index in [1.807, 2.05) is 13.1 Å². The van der Waals surface area contributed by atoms with E-state index in [4.69, 9.17) is 18.9 Å². The largest absolute Gasteiger partial charge is 0.493 e. The van der Waals surface area contributed by atoms with Gasteiger partial charge in [-0.15, -0.1) is 24.0 Å². The number of halogens is 1. The smallest absolute Gasteiger partial charge is 0.193 e. The average molecular weight is 562 g/mol. The molecule has 1 saturated carbocycles. The predicted molar refractivity (Wildman–Crippen MR) is 139 cm³/mol. The number of benzene rings is 1. The van der Waals surface area contributed by atoms with Crippen LogP contribution in [0.5, 0.6) is 11.5 Å². The molecule has 1 saturated heterocycles. The number of aliphatic imine (C=N–C) groups is 1. The van der Waals surface area contributed by atoms with Gasteiger partial charge in [0.15, 0.2) is 17.5 Å². The summed E-state index contributed by atoms with van der Waals surface area (Å²) in [6, 6.07) is 6.18. The molecule has 32 heavy (non-hydrogen) atoms. The van der Waals surface area contributed by atoms with Crippen LogP contribution >= 0.6 is 24.0 Å². The van der Waals surface area contributed by atoms with Crippen molar-refractivity contribution in [3.63, 3.8) is 0 Å². The lowest BCUT2D eigenvalue weighted by atomic mass is 10.1. The molecule has 1 aliphatic heterocycles. The molecule has 0 unspecified atom stereocenters. The Hall–Kier alpha value is -1.26. The molecule has 0 radical (unpaired) electrons. The van der Waals surface area contributed by atoms with E-state index >= 15 is 0 Å². The number of methoxy groups -OCH3 is 2. The molecule has 0 spiro atoms. The molecule has 3 rings (SSSR count). The minimum atomic E-state index is 0. The van der Waals surface area contributed by atoms with Crippen LogP contribution in [0.2, 0.25) is 0 Å². The van der Waals surface area contributed by atoms with Gasteiger partial charge in [-0.3, -0.25) is 4.99 Å².